The van der Waals surface area contributed by atoms with Crippen LogP contribution in [0.5, 0.6) is 0 Å². The molecular formula is C38H69N5O21. The Morgan fingerprint density at radius 2 is 1.06 bits per heavy atom. The molecule has 3 fully saturated rings. The fraction of sp³-hybridized carbons (Fsp3) is 0.895. The monoisotopic (exact) mass is 931 g/mol. The maximum atomic E-state index is 13.6. The summed E-state index contributed by atoms with van der Waals surface area (Å²) in [5.41, 5.74) is 0. The van der Waals surface area contributed by atoms with Crippen molar-refractivity contribution in [1.29, 1.82) is 0 Å². The molecule has 26 heteroatoms. The highest BCUT2D eigenvalue weighted by molar-refractivity contribution is 5.84. The van der Waals surface area contributed by atoms with Crippen molar-refractivity contribution in [2.75, 3.05) is 72.3 Å². The molecule has 16 atom stereocenters. The van der Waals surface area contributed by atoms with Crippen LogP contribution in [-0.2, 0) is 47.6 Å². The van der Waals surface area contributed by atoms with Crippen molar-refractivity contribution < 1.29 is 104 Å². The summed E-state index contributed by atoms with van der Waals surface area (Å²) in [4.78, 5) is 52.6. The lowest BCUT2D eigenvalue weighted by atomic mass is 9.99. The van der Waals surface area contributed by atoms with Crippen molar-refractivity contribution in [3.63, 3.8) is 0 Å². The quantitative estimate of drug-likeness (QED) is 0.0340. The number of amides is 4. The molecule has 0 aromatic carbocycles. The predicted octanol–water partition coefficient (Wildman–Crippen LogP) is -8.43. The molecule has 3 aliphatic rings. The van der Waals surface area contributed by atoms with Crippen LogP contribution in [0.1, 0.15) is 46.0 Å². The molecular weight excluding hydrogens is 862 g/mol. The summed E-state index contributed by atoms with van der Waals surface area (Å²) in [6, 6.07) is -1.05. The normalized spacial score (nSPS) is 33.6. The van der Waals surface area contributed by atoms with Crippen LogP contribution in [0.4, 0.5) is 0 Å². The van der Waals surface area contributed by atoms with Gasteiger partial charge in [0.25, 0.3) is 0 Å². The highest BCUT2D eigenvalue weighted by Gasteiger charge is 2.46. The lowest BCUT2D eigenvalue weighted by Gasteiger charge is -2.40. The highest BCUT2D eigenvalue weighted by atomic mass is 16.7. The molecule has 0 aliphatic carbocycles. The third-order valence-electron chi connectivity index (χ3n) is 10.7. The van der Waals surface area contributed by atoms with Gasteiger partial charge in [0.1, 0.15) is 67.1 Å². The standard InChI is InChI=1S/C38H69N5O21/c1-3-39-23(46)7-5-4-6-9-40-24(47)13-43(14-25(48)41-10-12-60-36-33(56)30(53)27(50)19(2)62-36)15-26(49)42-20(18-61-38-35(58)32(55)29(52)22(17-45)64-38)8-11-59-37-34(57)31(54)28(51)21(16-44)63-37/h19-22,27-38,44-45,50-58H,3-18H2,1-2H3,(H,39,46)(H,40,47)(H,41,48)(H,42,49)/t19-,20+,21+,22+,27+,28+,29+,30+,31-,32-,33-,34-,35-,36+,37-,38-/m0/s1. The van der Waals surface area contributed by atoms with Gasteiger partial charge in [0.05, 0.1) is 64.8 Å². The first-order valence-corrected chi connectivity index (χ1v) is 21.4. The number of aliphatic hydroxyl groups is 11. The second-order valence-electron chi connectivity index (χ2n) is 15.8. The zero-order valence-electron chi connectivity index (χ0n) is 36.0. The minimum Gasteiger partial charge on any atom is -0.394 e. The lowest BCUT2D eigenvalue weighted by Crippen LogP contribution is -2.60. The van der Waals surface area contributed by atoms with E-state index in [1.807, 2.05) is 6.92 Å². The van der Waals surface area contributed by atoms with Gasteiger partial charge in [0.15, 0.2) is 18.9 Å². The molecule has 64 heavy (non-hydrogen) atoms. The van der Waals surface area contributed by atoms with Crippen molar-refractivity contribution in [2.24, 2.45) is 0 Å². The molecule has 0 spiro atoms. The second kappa shape index (κ2) is 28.4. The van der Waals surface area contributed by atoms with Gasteiger partial charge in [-0.2, -0.15) is 0 Å². The summed E-state index contributed by atoms with van der Waals surface area (Å²) in [5.74, 6) is -2.04. The Balaban J connectivity index is 1.66. The zero-order chi connectivity index (χ0) is 47.5. The van der Waals surface area contributed by atoms with Gasteiger partial charge >= 0.3 is 0 Å². The number of rotatable bonds is 27. The molecule has 3 saturated heterocycles. The van der Waals surface area contributed by atoms with E-state index in [4.69, 9.17) is 28.4 Å². The number of hydrogen-bond donors (Lipinski definition) is 15. The van der Waals surface area contributed by atoms with E-state index in [1.165, 1.54) is 11.8 Å². The summed E-state index contributed by atoms with van der Waals surface area (Å²) in [5, 5.41) is 121. The first kappa shape index (κ1) is 55.5. The van der Waals surface area contributed by atoms with E-state index < -0.39 is 155 Å². The van der Waals surface area contributed by atoms with E-state index in [0.717, 1.165) is 0 Å². The fourth-order valence-corrected chi connectivity index (χ4v) is 6.92. The van der Waals surface area contributed by atoms with Crippen molar-refractivity contribution in [3.05, 3.63) is 0 Å². The van der Waals surface area contributed by atoms with Crippen molar-refractivity contribution in [2.45, 2.75) is 144 Å². The minimum atomic E-state index is -1.79. The van der Waals surface area contributed by atoms with Crippen LogP contribution < -0.4 is 21.3 Å². The molecule has 26 nitrogen and oxygen atoms in total. The number of aliphatic hydroxyl groups excluding tert-OH is 11. The van der Waals surface area contributed by atoms with Gasteiger partial charge in [-0.15, -0.1) is 0 Å². The summed E-state index contributed by atoms with van der Waals surface area (Å²) in [6.07, 6.45) is -20.7. The van der Waals surface area contributed by atoms with E-state index in [2.05, 4.69) is 21.3 Å². The molecule has 0 bridgehead atoms. The molecule has 3 rings (SSSR count). The Labute approximate surface area is 369 Å². The zero-order valence-corrected chi connectivity index (χ0v) is 36.0. The number of carbonyl (C=O) groups is 4. The van der Waals surface area contributed by atoms with Gasteiger partial charge in [-0.1, -0.05) is 6.42 Å². The summed E-state index contributed by atoms with van der Waals surface area (Å²) in [6.45, 7) is -0.0531. The Bertz CT molecular complexity index is 1410. The van der Waals surface area contributed by atoms with Crippen LogP contribution >= 0.6 is 0 Å². The Hall–Kier alpha value is -2.84. The average molecular weight is 932 g/mol. The molecule has 0 aromatic rings. The Morgan fingerprint density at radius 3 is 1.62 bits per heavy atom. The topological polar surface area (TPSA) is 398 Å². The maximum absolute atomic E-state index is 13.6. The number of nitrogens with one attached hydrogen (secondary N) is 4. The smallest absolute Gasteiger partial charge is 0.234 e. The highest BCUT2D eigenvalue weighted by Crippen LogP contribution is 2.24. The molecule has 15 N–H and O–H groups in total. The van der Waals surface area contributed by atoms with Gasteiger partial charge in [-0.05, 0) is 33.1 Å². The summed E-state index contributed by atoms with van der Waals surface area (Å²) in [7, 11) is 0. The first-order valence-electron chi connectivity index (χ1n) is 21.4. The molecule has 3 heterocycles. The maximum Gasteiger partial charge on any atom is 0.234 e. The van der Waals surface area contributed by atoms with E-state index in [1.54, 1.807) is 0 Å². The van der Waals surface area contributed by atoms with Crippen molar-refractivity contribution >= 4 is 23.6 Å². The van der Waals surface area contributed by atoms with E-state index in [9.17, 15) is 75.3 Å². The molecule has 0 unspecified atom stereocenters. The molecule has 0 saturated carbocycles. The van der Waals surface area contributed by atoms with Crippen LogP contribution in [-0.4, -0.2) is 255 Å². The molecule has 0 radical (unpaired) electrons. The van der Waals surface area contributed by atoms with Crippen molar-refractivity contribution in [3.8, 4) is 0 Å². The van der Waals surface area contributed by atoms with Gasteiger partial charge in [0, 0.05) is 26.1 Å². The third kappa shape index (κ3) is 17.4. The summed E-state index contributed by atoms with van der Waals surface area (Å²) < 4.78 is 32.8. The van der Waals surface area contributed by atoms with Gasteiger partial charge < -0.3 is 106 Å². The third-order valence-corrected chi connectivity index (χ3v) is 10.7. The van der Waals surface area contributed by atoms with Crippen LogP contribution in [0.15, 0.2) is 0 Å². The predicted molar refractivity (Wildman–Crippen MR) is 214 cm³/mol. The lowest BCUT2D eigenvalue weighted by molar-refractivity contribution is -0.304. The second-order valence-corrected chi connectivity index (χ2v) is 15.8. The van der Waals surface area contributed by atoms with Crippen LogP contribution in [0, 0.1) is 0 Å². The largest absolute Gasteiger partial charge is 0.394 e. The molecule has 0 aromatic heterocycles. The van der Waals surface area contributed by atoms with Gasteiger partial charge in [0.2, 0.25) is 23.6 Å². The van der Waals surface area contributed by atoms with Crippen molar-refractivity contribution in [1.82, 2.24) is 26.2 Å². The fourth-order valence-electron chi connectivity index (χ4n) is 6.92. The van der Waals surface area contributed by atoms with Gasteiger partial charge in [-0.3, -0.25) is 24.1 Å². The van der Waals surface area contributed by atoms with Crippen LogP contribution in [0.3, 0.4) is 0 Å². The number of hydrogen-bond acceptors (Lipinski definition) is 22. The molecule has 372 valence electrons. The SMILES string of the molecule is CCNC(=O)CCCCCNC(=O)CN(CC(=O)NCCO[C@@H]1O[C@@H](C)[C@@H](O)[C@@H](O)[C@@H]1O)CC(=O)N[C@H](CCO[C@H]1O[C@H](CO)[C@@H](O)[C@H](O)[C@@H]1O)CO[C@H]1O[C@H](CO)[C@@H](O)[C@H](O)[C@@H]1O. The number of carbonyl (C=O) groups excluding carboxylic acids is 4. The molecule has 3 aliphatic heterocycles. The number of unbranched alkanes of at least 4 members (excludes halogenated alkanes) is 2. The van der Waals surface area contributed by atoms with Gasteiger partial charge in [-0.25, -0.2) is 0 Å². The van der Waals surface area contributed by atoms with E-state index in [-0.39, 0.29) is 38.6 Å². The van der Waals surface area contributed by atoms with E-state index in [0.29, 0.717) is 32.2 Å². The minimum absolute atomic E-state index is 0.0811. The number of ether oxygens (including phenoxy) is 6. The van der Waals surface area contributed by atoms with Crippen LogP contribution in [0.2, 0.25) is 0 Å². The first-order chi connectivity index (χ1) is 30.4. The Morgan fingerprint density at radius 1 is 0.562 bits per heavy atom. The number of nitrogens with zero attached hydrogens (tertiary/aromatic N) is 1. The summed E-state index contributed by atoms with van der Waals surface area (Å²) >= 11 is 0. The molecule has 4 amide bonds. The van der Waals surface area contributed by atoms with Crippen LogP contribution in [0.25, 0.3) is 0 Å². The Kier molecular flexibility index (Phi) is 24.6. The van der Waals surface area contributed by atoms with E-state index >= 15 is 0 Å². The average Bonchev–Trinajstić information content (AvgIpc) is 3.25.